The average Bonchev–Trinajstić information content (AvgIpc) is 3.05. The first-order valence-electron chi connectivity index (χ1n) is 10.2. The summed E-state index contributed by atoms with van der Waals surface area (Å²) in [7, 11) is 1.51. The molecule has 1 aliphatic rings. The minimum Gasteiger partial charge on any atom is -0.507 e. The molecule has 1 amide bonds. The van der Waals surface area contributed by atoms with Gasteiger partial charge in [-0.2, -0.15) is 0 Å². The Morgan fingerprint density at radius 1 is 0.970 bits per heavy atom. The summed E-state index contributed by atoms with van der Waals surface area (Å²) in [6, 6.07) is 16.4. The number of benzene rings is 3. The van der Waals surface area contributed by atoms with E-state index in [1.807, 2.05) is 26.0 Å². The molecule has 1 fully saturated rings. The molecule has 5 nitrogen and oxygen atoms in total. The summed E-state index contributed by atoms with van der Waals surface area (Å²) in [6.07, 6.45) is 0. The number of aryl methyl sites for hydroxylation is 2. The zero-order chi connectivity index (χ0) is 23.9. The topological polar surface area (TPSA) is 66.8 Å². The number of para-hydroxylation sites is 1. The molecule has 1 heterocycles. The minimum absolute atomic E-state index is 0.0529. The summed E-state index contributed by atoms with van der Waals surface area (Å²) in [5, 5.41) is 11.8. The van der Waals surface area contributed by atoms with Gasteiger partial charge in [0.25, 0.3) is 11.7 Å². The average molecular weight is 482 g/mol. The molecule has 1 saturated heterocycles. The molecule has 1 N–H and O–H groups in total. The lowest BCUT2D eigenvalue weighted by Gasteiger charge is -2.28. The molecule has 1 aliphatic heterocycles. The van der Waals surface area contributed by atoms with Crippen molar-refractivity contribution in [2.75, 3.05) is 12.0 Å². The van der Waals surface area contributed by atoms with Gasteiger partial charge in [-0.1, -0.05) is 59.1 Å². The van der Waals surface area contributed by atoms with Gasteiger partial charge in [-0.15, -0.1) is 0 Å². The predicted octanol–water partition coefficient (Wildman–Crippen LogP) is 6.25. The van der Waals surface area contributed by atoms with Gasteiger partial charge in [0.05, 0.1) is 28.8 Å². The zero-order valence-corrected chi connectivity index (χ0v) is 19.7. The van der Waals surface area contributed by atoms with Gasteiger partial charge >= 0.3 is 0 Å². The van der Waals surface area contributed by atoms with E-state index < -0.39 is 17.7 Å². The molecule has 33 heavy (non-hydrogen) atoms. The van der Waals surface area contributed by atoms with Crippen molar-refractivity contribution in [3.63, 3.8) is 0 Å². The van der Waals surface area contributed by atoms with Crippen LogP contribution in [0, 0.1) is 13.8 Å². The van der Waals surface area contributed by atoms with Gasteiger partial charge in [0, 0.05) is 16.8 Å². The number of nitrogens with zero attached hydrogens (tertiary/aromatic N) is 1. The summed E-state index contributed by atoms with van der Waals surface area (Å²) < 4.78 is 5.54. The van der Waals surface area contributed by atoms with Gasteiger partial charge < -0.3 is 9.84 Å². The highest BCUT2D eigenvalue weighted by Crippen LogP contribution is 2.45. The Labute approximate surface area is 201 Å². The molecule has 0 aromatic heterocycles. The number of halogens is 2. The van der Waals surface area contributed by atoms with Crippen molar-refractivity contribution in [1.29, 1.82) is 0 Å². The maximum atomic E-state index is 13.3. The van der Waals surface area contributed by atoms with Crippen LogP contribution in [0.25, 0.3) is 5.76 Å². The summed E-state index contributed by atoms with van der Waals surface area (Å²) in [5.41, 5.74) is 3.22. The van der Waals surface area contributed by atoms with E-state index >= 15 is 0 Å². The number of aliphatic hydroxyl groups is 1. The van der Waals surface area contributed by atoms with E-state index in [-0.39, 0.29) is 21.9 Å². The van der Waals surface area contributed by atoms with Crippen molar-refractivity contribution in [3.05, 3.63) is 98.5 Å². The molecule has 0 aliphatic carbocycles. The molecule has 1 atom stereocenters. The number of carbonyl (C=O) groups excluding carboxylic acids is 2. The molecule has 1 unspecified atom stereocenters. The van der Waals surface area contributed by atoms with E-state index in [0.717, 1.165) is 11.1 Å². The van der Waals surface area contributed by atoms with E-state index in [0.29, 0.717) is 22.0 Å². The van der Waals surface area contributed by atoms with Crippen molar-refractivity contribution in [1.82, 2.24) is 0 Å². The van der Waals surface area contributed by atoms with Crippen LogP contribution in [0.1, 0.15) is 28.3 Å². The number of hydrogen-bond acceptors (Lipinski definition) is 4. The number of hydrogen-bond donors (Lipinski definition) is 1. The van der Waals surface area contributed by atoms with E-state index in [4.69, 9.17) is 27.9 Å². The Balaban J connectivity index is 2.01. The smallest absolute Gasteiger partial charge is 0.300 e. The van der Waals surface area contributed by atoms with Gasteiger partial charge in [-0.05, 0) is 49.7 Å². The first-order chi connectivity index (χ1) is 15.7. The van der Waals surface area contributed by atoms with Crippen molar-refractivity contribution >= 4 is 46.3 Å². The number of aliphatic hydroxyl groups excluding tert-OH is 1. The third-order valence-corrected chi connectivity index (χ3v) is 6.42. The lowest BCUT2D eigenvalue weighted by Crippen LogP contribution is -2.30. The highest BCUT2D eigenvalue weighted by molar-refractivity contribution is 6.52. The molecule has 0 saturated carbocycles. The standard InChI is InChI=1S/C26H21Cl2NO4/c1-14-8-11-20(15(2)12-14)29-23(17-6-4-5-7-21(17)33-3)22(25(31)26(29)32)24(30)16-9-10-18(27)19(28)13-16/h4-13,23,30H,1-3H3/b24-22+. The van der Waals surface area contributed by atoms with Crippen LogP contribution in [0.15, 0.2) is 66.2 Å². The van der Waals surface area contributed by atoms with Crippen LogP contribution in [0.2, 0.25) is 10.0 Å². The number of methoxy groups -OCH3 is 1. The molecule has 0 radical (unpaired) electrons. The third kappa shape index (κ3) is 3.99. The first-order valence-corrected chi connectivity index (χ1v) is 11.0. The molecule has 3 aromatic rings. The SMILES string of the molecule is COc1ccccc1C1/C(=C(\O)c2ccc(Cl)c(Cl)c2)C(=O)C(=O)N1c1ccc(C)cc1C. The van der Waals surface area contributed by atoms with E-state index in [9.17, 15) is 14.7 Å². The van der Waals surface area contributed by atoms with Crippen LogP contribution in [0.5, 0.6) is 5.75 Å². The summed E-state index contributed by atoms with van der Waals surface area (Å²) in [6.45, 7) is 3.83. The van der Waals surface area contributed by atoms with E-state index in [2.05, 4.69) is 0 Å². The van der Waals surface area contributed by atoms with Crippen LogP contribution in [0.3, 0.4) is 0 Å². The number of ketones is 1. The number of Topliss-reactive ketones (excluding diaryl/α,β-unsaturated/α-hetero) is 1. The number of amides is 1. The Morgan fingerprint density at radius 3 is 2.36 bits per heavy atom. The van der Waals surface area contributed by atoms with Gasteiger partial charge in [0.15, 0.2) is 0 Å². The van der Waals surface area contributed by atoms with Gasteiger partial charge in [0.1, 0.15) is 11.5 Å². The fraction of sp³-hybridized carbons (Fsp3) is 0.154. The Kier molecular flexibility index (Phi) is 6.19. The highest BCUT2D eigenvalue weighted by atomic mass is 35.5. The fourth-order valence-corrected chi connectivity index (χ4v) is 4.44. The highest BCUT2D eigenvalue weighted by Gasteiger charge is 2.48. The lowest BCUT2D eigenvalue weighted by atomic mass is 9.94. The van der Waals surface area contributed by atoms with Crippen molar-refractivity contribution < 1.29 is 19.4 Å². The van der Waals surface area contributed by atoms with Crippen LogP contribution in [-0.2, 0) is 9.59 Å². The molecule has 4 rings (SSSR count). The Hall–Kier alpha value is -3.28. The summed E-state index contributed by atoms with van der Waals surface area (Å²) >= 11 is 12.2. The predicted molar refractivity (Wildman–Crippen MR) is 130 cm³/mol. The van der Waals surface area contributed by atoms with E-state index in [1.54, 1.807) is 36.4 Å². The Morgan fingerprint density at radius 2 is 1.70 bits per heavy atom. The van der Waals surface area contributed by atoms with Crippen molar-refractivity contribution in [3.8, 4) is 5.75 Å². The summed E-state index contributed by atoms with van der Waals surface area (Å²) in [5.74, 6) is -1.39. The first kappa shape index (κ1) is 22.9. The lowest BCUT2D eigenvalue weighted by molar-refractivity contribution is -0.132. The molecule has 0 bridgehead atoms. The minimum atomic E-state index is -0.906. The second-order valence-electron chi connectivity index (χ2n) is 7.83. The van der Waals surface area contributed by atoms with Crippen LogP contribution >= 0.6 is 23.2 Å². The maximum absolute atomic E-state index is 13.3. The zero-order valence-electron chi connectivity index (χ0n) is 18.2. The van der Waals surface area contributed by atoms with Gasteiger partial charge in [0.2, 0.25) is 0 Å². The molecule has 0 spiro atoms. The van der Waals surface area contributed by atoms with Gasteiger partial charge in [-0.3, -0.25) is 14.5 Å². The quantitative estimate of drug-likeness (QED) is 0.271. The number of ether oxygens (including phenoxy) is 1. The van der Waals surface area contributed by atoms with Crippen LogP contribution in [-0.4, -0.2) is 23.9 Å². The van der Waals surface area contributed by atoms with Crippen LogP contribution in [0.4, 0.5) is 5.69 Å². The molecular weight excluding hydrogens is 461 g/mol. The van der Waals surface area contributed by atoms with Crippen LogP contribution < -0.4 is 9.64 Å². The monoisotopic (exact) mass is 481 g/mol. The number of carbonyl (C=O) groups is 2. The fourth-order valence-electron chi connectivity index (χ4n) is 4.14. The van der Waals surface area contributed by atoms with Crippen molar-refractivity contribution in [2.24, 2.45) is 0 Å². The van der Waals surface area contributed by atoms with Gasteiger partial charge in [-0.25, -0.2) is 0 Å². The molecular formula is C26H21Cl2NO4. The molecule has 7 heteroatoms. The van der Waals surface area contributed by atoms with E-state index in [1.165, 1.54) is 24.1 Å². The van der Waals surface area contributed by atoms with Crippen molar-refractivity contribution in [2.45, 2.75) is 19.9 Å². The number of anilines is 1. The number of rotatable bonds is 4. The maximum Gasteiger partial charge on any atom is 0.300 e. The second-order valence-corrected chi connectivity index (χ2v) is 8.64. The second kappa shape index (κ2) is 8.93. The summed E-state index contributed by atoms with van der Waals surface area (Å²) in [4.78, 5) is 28.1. The third-order valence-electron chi connectivity index (χ3n) is 5.68. The molecule has 3 aromatic carbocycles. The molecule has 168 valence electrons. The Bertz CT molecular complexity index is 1320. The largest absolute Gasteiger partial charge is 0.507 e. The normalized spacial score (nSPS) is 17.5.